The Labute approximate surface area is 284 Å². The number of aliphatic hydroxyl groups is 1. The lowest BCUT2D eigenvalue weighted by molar-refractivity contribution is -0.141. The number of aromatic nitrogens is 1. The van der Waals surface area contributed by atoms with Crippen LogP contribution in [-0.2, 0) is 28.6 Å². The molecular formula is C37H40N4O8. The number of aliphatic hydroxyl groups excluding tert-OH is 1. The normalized spacial score (nSPS) is 21.0. The molecule has 1 aromatic heterocycles. The van der Waals surface area contributed by atoms with Crippen LogP contribution in [0.5, 0.6) is 0 Å². The van der Waals surface area contributed by atoms with E-state index in [0.29, 0.717) is 57.3 Å². The molecule has 0 saturated heterocycles. The average Bonchev–Trinajstić information content (AvgIpc) is 3.76. The number of hydrogen-bond acceptors (Lipinski definition) is 11. The Morgan fingerprint density at radius 3 is 2.20 bits per heavy atom. The third kappa shape index (κ3) is 6.07. The standard InChI is InChI=1S/C37H40N4O8/c1-10-21-16(2)23-15-28-30(20(6)42)18(4)25(39-28)13-24-17(3)22(11-12-29(43)47-7)33(40-24)32(35(44)37(46)49-9)34-31(36(45)48-8)19(5)26(41-34)14-27(21)38-23/h13-15,17,22,39,44H,10-12H2,1-9H3/b23-15?,24-13?,26-14?,35-32-/t17-,22-/m0/s1. The number of allylic oxidation sites excluding steroid dienone is 6. The van der Waals surface area contributed by atoms with Crippen molar-refractivity contribution in [1.29, 1.82) is 0 Å². The minimum atomic E-state index is -1.07. The van der Waals surface area contributed by atoms with E-state index in [0.717, 1.165) is 18.3 Å². The van der Waals surface area contributed by atoms with Gasteiger partial charge in [-0.25, -0.2) is 19.6 Å². The van der Waals surface area contributed by atoms with E-state index in [1.807, 2.05) is 39.8 Å². The molecule has 4 aliphatic heterocycles. The average molecular weight is 669 g/mol. The first-order valence-corrected chi connectivity index (χ1v) is 16.0. The number of Topliss-reactive ketones (excluding diaryl/α,β-unsaturated/α-hetero) is 1. The van der Waals surface area contributed by atoms with Crippen molar-refractivity contribution in [2.45, 2.75) is 60.8 Å². The molecule has 0 spiro atoms. The molecule has 0 aliphatic carbocycles. The molecule has 12 heteroatoms. The molecule has 0 fully saturated rings. The number of carbonyl (C=O) groups is 4. The highest BCUT2D eigenvalue weighted by atomic mass is 16.5. The molecule has 0 radical (unpaired) electrons. The summed E-state index contributed by atoms with van der Waals surface area (Å²) in [6.07, 6.45) is 6.32. The fourth-order valence-electron chi connectivity index (χ4n) is 6.82. The zero-order chi connectivity index (χ0) is 35.9. The van der Waals surface area contributed by atoms with Crippen molar-refractivity contribution in [1.82, 2.24) is 4.98 Å². The number of hydrogen-bond donors (Lipinski definition) is 2. The Bertz CT molecular complexity index is 1990. The summed E-state index contributed by atoms with van der Waals surface area (Å²) < 4.78 is 15.0. The van der Waals surface area contributed by atoms with Gasteiger partial charge in [-0.1, -0.05) is 13.8 Å². The maximum absolute atomic E-state index is 13.4. The van der Waals surface area contributed by atoms with E-state index in [1.54, 1.807) is 13.0 Å². The van der Waals surface area contributed by atoms with Gasteiger partial charge in [-0.3, -0.25) is 14.6 Å². The van der Waals surface area contributed by atoms with Gasteiger partial charge in [0.25, 0.3) is 0 Å². The van der Waals surface area contributed by atoms with Crippen molar-refractivity contribution in [2.75, 3.05) is 21.3 Å². The van der Waals surface area contributed by atoms with Gasteiger partial charge in [0.15, 0.2) is 5.78 Å². The Morgan fingerprint density at radius 2 is 1.59 bits per heavy atom. The summed E-state index contributed by atoms with van der Waals surface area (Å²) in [5, 5.41) is 11.6. The molecule has 5 rings (SSSR count). The molecule has 1 aromatic rings. The number of ketones is 1. The minimum absolute atomic E-state index is 0.0134. The monoisotopic (exact) mass is 668 g/mol. The molecule has 0 aromatic carbocycles. The van der Waals surface area contributed by atoms with Crippen LogP contribution in [0.3, 0.4) is 0 Å². The maximum Gasteiger partial charge on any atom is 0.373 e. The largest absolute Gasteiger partial charge is 0.501 e. The van der Waals surface area contributed by atoms with E-state index >= 15 is 0 Å². The number of carbonyl (C=O) groups excluding carboxylic acids is 4. The SMILES string of the molecule is CCC1=C(C)C2=Cc3[nH]c(c(C)c3C(C)=O)C=C3N=C(/C(=C(/O)C(=O)OC)C4=NC(=CC1=N2)C(C)=C4C(=O)OC)[C@@H](CCC(=O)OC)[C@@H]3C. The number of aliphatic imine (C=N–C) groups is 3. The zero-order valence-electron chi connectivity index (χ0n) is 29.2. The van der Waals surface area contributed by atoms with E-state index in [1.165, 1.54) is 21.1 Å². The van der Waals surface area contributed by atoms with Crippen molar-refractivity contribution in [2.24, 2.45) is 26.8 Å². The third-order valence-corrected chi connectivity index (χ3v) is 9.54. The number of nitrogens with zero attached hydrogens (tertiary/aromatic N) is 3. The Hall–Kier alpha value is -5.39. The lowest BCUT2D eigenvalue weighted by Gasteiger charge is -2.21. The van der Waals surface area contributed by atoms with Gasteiger partial charge >= 0.3 is 17.9 Å². The predicted molar refractivity (Wildman–Crippen MR) is 185 cm³/mol. The van der Waals surface area contributed by atoms with Gasteiger partial charge in [0.1, 0.15) is 0 Å². The maximum atomic E-state index is 13.4. The van der Waals surface area contributed by atoms with E-state index < -0.39 is 29.6 Å². The quantitative estimate of drug-likeness (QED) is 0.119. The van der Waals surface area contributed by atoms with Gasteiger partial charge in [-0.05, 0) is 81.0 Å². The highest BCUT2D eigenvalue weighted by Gasteiger charge is 2.42. The summed E-state index contributed by atoms with van der Waals surface area (Å²) in [5.41, 5.74) is 7.09. The highest BCUT2D eigenvalue weighted by Crippen LogP contribution is 2.42. The van der Waals surface area contributed by atoms with E-state index in [9.17, 15) is 24.3 Å². The van der Waals surface area contributed by atoms with Gasteiger partial charge in [-0.15, -0.1) is 0 Å². The number of H-pyrrole nitrogens is 1. The first kappa shape index (κ1) is 34.9. The molecule has 5 heterocycles. The van der Waals surface area contributed by atoms with Crippen LogP contribution in [0.1, 0.15) is 81.2 Å². The van der Waals surface area contributed by atoms with Gasteiger partial charge in [0.05, 0.1) is 66.7 Å². The lowest BCUT2D eigenvalue weighted by Crippen LogP contribution is -2.29. The van der Waals surface area contributed by atoms with Crippen LogP contribution in [0.25, 0.3) is 12.2 Å². The van der Waals surface area contributed by atoms with Crippen LogP contribution >= 0.6 is 0 Å². The smallest absolute Gasteiger partial charge is 0.373 e. The van der Waals surface area contributed by atoms with Crippen molar-refractivity contribution < 1.29 is 38.5 Å². The number of nitrogens with one attached hydrogen (secondary N) is 1. The molecule has 0 saturated carbocycles. The van der Waals surface area contributed by atoms with Crippen LogP contribution in [0.2, 0.25) is 0 Å². The second-order valence-electron chi connectivity index (χ2n) is 12.3. The van der Waals surface area contributed by atoms with Gasteiger partial charge in [0.2, 0.25) is 5.76 Å². The zero-order valence-corrected chi connectivity index (χ0v) is 29.2. The number of rotatable bonds is 7. The minimum Gasteiger partial charge on any atom is -0.501 e. The molecule has 8 bridgehead atoms. The van der Waals surface area contributed by atoms with Crippen molar-refractivity contribution in [3.8, 4) is 0 Å². The topological polar surface area (TPSA) is 169 Å². The molecular weight excluding hydrogens is 628 g/mol. The first-order valence-electron chi connectivity index (χ1n) is 16.0. The van der Waals surface area contributed by atoms with Crippen LogP contribution < -0.4 is 0 Å². The van der Waals surface area contributed by atoms with Crippen molar-refractivity contribution in [3.05, 3.63) is 79.3 Å². The second-order valence-corrected chi connectivity index (χ2v) is 12.3. The summed E-state index contributed by atoms with van der Waals surface area (Å²) in [6, 6.07) is 0. The fraction of sp³-hybridized carbons (Fsp3) is 0.378. The highest BCUT2D eigenvalue weighted by molar-refractivity contribution is 6.41. The summed E-state index contributed by atoms with van der Waals surface area (Å²) in [5.74, 6) is -4.08. The molecule has 256 valence electrons. The molecule has 2 atom stereocenters. The number of fused-ring (bicyclic) bond motifs is 5. The van der Waals surface area contributed by atoms with Crippen LogP contribution in [-0.4, -0.2) is 72.2 Å². The number of aromatic amines is 1. The van der Waals surface area contributed by atoms with Gasteiger partial charge < -0.3 is 24.3 Å². The van der Waals surface area contributed by atoms with E-state index in [-0.39, 0.29) is 47.1 Å². The Morgan fingerprint density at radius 1 is 0.898 bits per heavy atom. The molecule has 49 heavy (non-hydrogen) atoms. The molecule has 4 aliphatic rings. The van der Waals surface area contributed by atoms with E-state index in [2.05, 4.69) is 4.98 Å². The number of esters is 3. The third-order valence-electron chi connectivity index (χ3n) is 9.54. The Balaban J connectivity index is 1.93. The summed E-state index contributed by atoms with van der Waals surface area (Å²) >= 11 is 0. The second kappa shape index (κ2) is 13.6. The number of ether oxygens (including phenoxy) is 3. The van der Waals surface area contributed by atoms with Crippen molar-refractivity contribution in [3.63, 3.8) is 0 Å². The summed E-state index contributed by atoms with van der Waals surface area (Å²) in [4.78, 5) is 70.0. The summed E-state index contributed by atoms with van der Waals surface area (Å²) in [6.45, 7) is 10.9. The Kier molecular flexibility index (Phi) is 9.71. The van der Waals surface area contributed by atoms with Crippen LogP contribution in [0.15, 0.2) is 71.8 Å². The van der Waals surface area contributed by atoms with Gasteiger partial charge in [-0.2, -0.15) is 0 Å². The van der Waals surface area contributed by atoms with Crippen molar-refractivity contribution >= 4 is 53.0 Å². The number of methoxy groups -OCH3 is 3. The molecule has 0 unspecified atom stereocenters. The predicted octanol–water partition coefficient (Wildman–Crippen LogP) is 5.88. The molecule has 0 amide bonds. The van der Waals surface area contributed by atoms with E-state index in [4.69, 9.17) is 29.2 Å². The van der Waals surface area contributed by atoms with Crippen LogP contribution in [0.4, 0.5) is 0 Å². The van der Waals surface area contributed by atoms with Gasteiger partial charge in [0, 0.05) is 35.2 Å². The van der Waals surface area contributed by atoms with Crippen LogP contribution in [0, 0.1) is 18.8 Å². The fourth-order valence-corrected chi connectivity index (χ4v) is 6.82. The first-order chi connectivity index (χ1) is 23.3. The molecule has 12 nitrogen and oxygen atoms in total. The lowest BCUT2D eigenvalue weighted by atomic mass is 9.81. The summed E-state index contributed by atoms with van der Waals surface area (Å²) in [7, 11) is 3.66. The molecule has 2 N–H and O–H groups in total.